The average molecular weight is 493 g/mol. The number of nitrogens with one attached hydrogen (secondary N) is 2. The normalized spacial score (nSPS) is 13.7. The predicted molar refractivity (Wildman–Crippen MR) is 120 cm³/mol. The Balaban J connectivity index is 1.43. The molecule has 1 aliphatic heterocycles. The molecule has 0 amide bonds. The number of ether oxygens (including phenoxy) is 1. The van der Waals surface area contributed by atoms with Gasteiger partial charge >= 0.3 is 0 Å². The molecule has 2 aromatic carbocycles. The minimum absolute atomic E-state index is 0.119. The molecule has 2 N–H and O–H groups in total. The number of aromatic nitrogens is 4. The Bertz CT molecular complexity index is 1250. The van der Waals surface area contributed by atoms with Gasteiger partial charge in [-0.1, -0.05) is 11.6 Å². The number of halogens is 3. The van der Waals surface area contributed by atoms with Crippen LogP contribution in [0.4, 0.5) is 13.9 Å². The predicted octanol–water partition coefficient (Wildman–Crippen LogP) is 5.39. The van der Waals surface area contributed by atoms with E-state index in [0.29, 0.717) is 22.1 Å². The van der Waals surface area contributed by atoms with Crippen LogP contribution in [0.3, 0.4) is 0 Å². The monoisotopic (exact) mass is 492 g/mol. The number of benzene rings is 2. The van der Waals surface area contributed by atoms with Crippen LogP contribution in [0.25, 0.3) is 11.3 Å². The maximum Gasteiger partial charge on any atom is 0.212 e. The summed E-state index contributed by atoms with van der Waals surface area (Å²) in [7, 11) is 0. The lowest BCUT2D eigenvalue weighted by molar-refractivity contribution is 0.321. The molecule has 4 aromatic rings. The van der Waals surface area contributed by atoms with E-state index >= 15 is 0 Å². The lowest BCUT2D eigenvalue weighted by Crippen LogP contribution is -2.44. The Morgan fingerprint density at radius 3 is 2.81 bits per heavy atom. The minimum Gasteiger partial charge on any atom is -0.455 e. The van der Waals surface area contributed by atoms with Crippen LogP contribution in [0.2, 0.25) is 5.02 Å². The van der Waals surface area contributed by atoms with E-state index < -0.39 is 11.6 Å². The van der Waals surface area contributed by atoms with Crippen molar-refractivity contribution >= 4 is 40.2 Å². The third-order valence-corrected chi connectivity index (χ3v) is 6.64. The molecule has 3 heterocycles. The van der Waals surface area contributed by atoms with Crippen molar-refractivity contribution in [3.8, 4) is 22.8 Å². The van der Waals surface area contributed by atoms with E-state index in [0.717, 1.165) is 36.6 Å². The average Bonchev–Trinajstić information content (AvgIpc) is 3.42. The van der Waals surface area contributed by atoms with Gasteiger partial charge in [-0.25, -0.2) is 13.8 Å². The van der Waals surface area contributed by atoms with Crippen LogP contribution >= 0.6 is 35.1 Å². The molecule has 0 spiro atoms. The van der Waals surface area contributed by atoms with Crippen LogP contribution in [0, 0.1) is 11.6 Å². The lowest BCUT2D eigenvalue weighted by Gasteiger charge is -2.29. The highest BCUT2D eigenvalue weighted by Crippen LogP contribution is 2.40. The van der Waals surface area contributed by atoms with Gasteiger partial charge in [0.2, 0.25) is 5.13 Å². The van der Waals surface area contributed by atoms with Crippen molar-refractivity contribution in [1.82, 2.24) is 24.5 Å². The summed E-state index contributed by atoms with van der Waals surface area (Å²) in [5.41, 5.74) is 1.21. The molecule has 0 aliphatic carbocycles. The topological polar surface area (TPSA) is 76.9 Å². The maximum atomic E-state index is 14.7. The van der Waals surface area contributed by atoms with Crippen LogP contribution in [-0.2, 0) is 0 Å². The second-order valence-electron chi connectivity index (χ2n) is 6.88. The van der Waals surface area contributed by atoms with Crippen LogP contribution in [0.5, 0.6) is 11.5 Å². The zero-order valence-corrected chi connectivity index (χ0v) is 18.6. The fourth-order valence-electron chi connectivity index (χ4n) is 3.16. The Labute approximate surface area is 195 Å². The van der Waals surface area contributed by atoms with Gasteiger partial charge in [-0.15, -0.1) is 0 Å². The van der Waals surface area contributed by atoms with Gasteiger partial charge in [0.25, 0.3) is 0 Å². The van der Waals surface area contributed by atoms with Crippen molar-refractivity contribution in [1.29, 1.82) is 0 Å². The lowest BCUT2D eigenvalue weighted by atomic mass is 10.1. The van der Waals surface area contributed by atoms with E-state index in [9.17, 15) is 8.78 Å². The minimum atomic E-state index is -0.527. The number of hydrogen-bond acceptors (Lipinski definition) is 8. The van der Waals surface area contributed by atoms with Gasteiger partial charge in [-0.3, -0.25) is 4.68 Å². The zero-order valence-electron chi connectivity index (χ0n) is 16.3. The Hall–Kier alpha value is -2.73. The molecule has 0 bridgehead atoms. The highest BCUT2D eigenvalue weighted by molar-refractivity contribution is 8.00. The zero-order chi connectivity index (χ0) is 22.1. The fraction of sp³-hybridized carbons (Fsp3) is 0.150. The third kappa shape index (κ3) is 4.29. The summed E-state index contributed by atoms with van der Waals surface area (Å²) in [5, 5.41) is 8.31. The summed E-state index contributed by atoms with van der Waals surface area (Å²) >= 11 is 8.56. The highest BCUT2D eigenvalue weighted by atomic mass is 35.5. The van der Waals surface area contributed by atoms with Gasteiger partial charge in [-0.05, 0) is 42.3 Å². The molecule has 1 fully saturated rings. The van der Waals surface area contributed by atoms with Crippen molar-refractivity contribution in [3.63, 3.8) is 0 Å². The van der Waals surface area contributed by atoms with Crippen molar-refractivity contribution in [2.24, 2.45) is 0 Å². The van der Waals surface area contributed by atoms with Gasteiger partial charge in [0.1, 0.15) is 29.5 Å². The standard InChI is InChI=1S/C20H15ClF2N6OS2/c21-14-6-19(31-28-20-25-10-27-32-20)15(23)7-18(14)30-17-2-1-11(22)5-13(17)16-3-4-26-29(16)12-8-24-9-12/h1-7,10,12,24H,8-9H2,(H,25,27,28). The van der Waals surface area contributed by atoms with E-state index in [1.54, 1.807) is 12.3 Å². The van der Waals surface area contributed by atoms with Crippen molar-refractivity contribution < 1.29 is 13.5 Å². The van der Waals surface area contributed by atoms with Crippen molar-refractivity contribution in [2.45, 2.75) is 10.9 Å². The Morgan fingerprint density at radius 2 is 2.06 bits per heavy atom. The van der Waals surface area contributed by atoms with E-state index in [-0.39, 0.29) is 21.7 Å². The number of rotatable bonds is 7. The summed E-state index contributed by atoms with van der Waals surface area (Å²) < 4.78 is 43.4. The SMILES string of the molecule is Fc1ccc(Oc2cc(F)c(SNc3ncns3)cc2Cl)c(-c2ccnn2C2CNC2)c1. The molecular weight excluding hydrogens is 478 g/mol. The van der Waals surface area contributed by atoms with Crippen LogP contribution in [0.1, 0.15) is 6.04 Å². The van der Waals surface area contributed by atoms with Gasteiger partial charge in [0.15, 0.2) is 0 Å². The molecule has 0 saturated carbocycles. The van der Waals surface area contributed by atoms with E-state index in [1.165, 1.54) is 36.7 Å². The van der Waals surface area contributed by atoms with Crippen LogP contribution in [-0.4, -0.2) is 32.2 Å². The molecule has 0 unspecified atom stereocenters. The fourth-order valence-corrected chi connectivity index (χ4v) is 4.57. The van der Waals surface area contributed by atoms with Gasteiger partial charge in [0.05, 0.1) is 21.7 Å². The Kier molecular flexibility index (Phi) is 5.96. The molecule has 32 heavy (non-hydrogen) atoms. The van der Waals surface area contributed by atoms with Crippen molar-refractivity contribution in [2.75, 3.05) is 17.8 Å². The molecule has 1 aliphatic rings. The van der Waals surface area contributed by atoms with Gasteiger partial charge in [0, 0.05) is 42.4 Å². The molecule has 5 rings (SSSR count). The van der Waals surface area contributed by atoms with Crippen LogP contribution < -0.4 is 14.8 Å². The first-order valence-electron chi connectivity index (χ1n) is 9.49. The van der Waals surface area contributed by atoms with Crippen LogP contribution in [0.15, 0.2) is 53.8 Å². The molecule has 0 radical (unpaired) electrons. The number of nitrogens with zero attached hydrogens (tertiary/aromatic N) is 4. The van der Waals surface area contributed by atoms with Crippen molar-refractivity contribution in [3.05, 3.63) is 65.6 Å². The second kappa shape index (κ2) is 9.02. The number of anilines is 1. The maximum absolute atomic E-state index is 14.7. The molecule has 1 saturated heterocycles. The number of hydrogen-bond donors (Lipinski definition) is 2. The smallest absolute Gasteiger partial charge is 0.212 e. The third-order valence-electron chi connectivity index (χ3n) is 4.81. The first-order chi connectivity index (χ1) is 15.6. The summed E-state index contributed by atoms with van der Waals surface area (Å²) in [5.74, 6) is -0.484. The molecule has 12 heteroatoms. The summed E-state index contributed by atoms with van der Waals surface area (Å²) in [6, 6.07) is 8.77. The summed E-state index contributed by atoms with van der Waals surface area (Å²) in [6.45, 7) is 1.56. The summed E-state index contributed by atoms with van der Waals surface area (Å²) in [4.78, 5) is 4.25. The van der Waals surface area contributed by atoms with E-state index in [4.69, 9.17) is 16.3 Å². The largest absolute Gasteiger partial charge is 0.455 e. The first-order valence-corrected chi connectivity index (χ1v) is 11.5. The van der Waals surface area contributed by atoms with E-state index in [1.807, 2.05) is 4.68 Å². The molecule has 164 valence electrons. The molecule has 2 aromatic heterocycles. The summed E-state index contributed by atoms with van der Waals surface area (Å²) in [6.07, 6.45) is 3.06. The van der Waals surface area contributed by atoms with Gasteiger partial charge < -0.3 is 14.8 Å². The molecular formula is C20H15ClF2N6OS2. The highest BCUT2D eigenvalue weighted by Gasteiger charge is 2.24. The molecule has 0 atom stereocenters. The Morgan fingerprint density at radius 1 is 1.19 bits per heavy atom. The van der Waals surface area contributed by atoms with E-state index in [2.05, 4.69) is 24.5 Å². The van der Waals surface area contributed by atoms with Gasteiger partial charge in [-0.2, -0.15) is 9.47 Å². The quantitative estimate of drug-likeness (QED) is 0.335. The first kappa shape index (κ1) is 21.1. The molecule has 7 nitrogen and oxygen atoms in total. The second-order valence-corrected chi connectivity index (χ2v) is 8.91.